The molecule has 1 heterocycles. The van der Waals surface area contributed by atoms with Crippen molar-refractivity contribution >= 4 is 46.8 Å². The second-order valence-electron chi connectivity index (χ2n) is 17.7. The standard InChI is InChI=1S/C44H52O12.C15H16O4/c1-4-7-12-31-54-44(49)38-32-37(55-42(47)33-17-21-35(22-18-33)50-27-13-8-10-15-29-52-40(45)5-2)25-26-39(38)56-43(48)34-19-23-36(24-20-34)51-28-14-9-11-16-30-53-41(46)6-3;1-4-15(2,3)14(17)18-11-7-5-10-6-8-13(16)19-12(10)9-11/h5-6,17-26,32H,2-4,7-16,27-31H2,1H3;5-9H,4H2,1-3H3. The Morgan fingerprint density at radius 3 is 1.51 bits per heavy atom. The second kappa shape index (κ2) is 32.2. The van der Waals surface area contributed by atoms with Gasteiger partial charge in [0.25, 0.3) is 0 Å². The van der Waals surface area contributed by atoms with Gasteiger partial charge in [0.1, 0.15) is 39.9 Å². The van der Waals surface area contributed by atoms with E-state index in [0.717, 1.165) is 81.7 Å². The average molecular weight is 1030 g/mol. The van der Waals surface area contributed by atoms with Gasteiger partial charge in [-0.15, -0.1) is 0 Å². The molecule has 400 valence electrons. The van der Waals surface area contributed by atoms with Gasteiger partial charge in [0.2, 0.25) is 0 Å². The summed E-state index contributed by atoms with van der Waals surface area (Å²) in [5, 5.41) is 0.786. The molecule has 0 unspecified atom stereocenters. The Bertz CT molecular complexity index is 2720. The van der Waals surface area contributed by atoms with E-state index in [1.54, 1.807) is 72.8 Å². The topological polar surface area (TPSA) is 206 Å². The number of unbranched alkanes of at least 4 members (excludes halogenated alkanes) is 8. The monoisotopic (exact) mass is 1030 g/mol. The summed E-state index contributed by atoms with van der Waals surface area (Å²) in [5.74, 6) is -1.65. The van der Waals surface area contributed by atoms with Crippen molar-refractivity contribution in [2.75, 3.05) is 33.0 Å². The van der Waals surface area contributed by atoms with Crippen molar-refractivity contribution in [3.05, 3.63) is 149 Å². The maximum atomic E-state index is 13.2. The zero-order chi connectivity index (χ0) is 54.4. The first kappa shape index (κ1) is 59.6. The van der Waals surface area contributed by atoms with Crippen molar-refractivity contribution in [1.82, 2.24) is 0 Å². The van der Waals surface area contributed by atoms with Crippen LogP contribution in [0.4, 0.5) is 0 Å². The normalized spacial score (nSPS) is 10.7. The lowest BCUT2D eigenvalue weighted by molar-refractivity contribution is -0.144. The van der Waals surface area contributed by atoms with Gasteiger partial charge >= 0.3 is 41.4 Å². The smallest absolute Gasteiger partial charge is 0.343 e. The van der Waals surface area contributed by atoms with Gasteiger partial charge in [-0.05, 0) is 163 Å². The highest BCUT2D eigenvalue weighted by Gasteiger charge is 2.28. The molecular weight excluding hydrogens is 965 g/mol. The Kier molecular flexibility index (Phi) is 25.6. The minimum absolute atomic E-state index is 0.0486. The van der Waals surface area contributed by atoms with Gasteiger partial charge in [0, 0.05) is 29.7 Å². The van der Waals surface area contributed by atoms with Gasteiger partial charge in [-0.25, -0.2) is 28.8 Å². The molecule has 0 atom stereocenters. The van der Waals surface area contributed by atoms with Crippen LogP contribution in [0.3, 0.4) is 0 Å². The van der Waals surface area contributed by atoms with Gasteiger partial charge in [0.15, 0.2) is 0 Å². The molecule has 75 heavy (non-hydrogen) atoms. The molecule has 0 saturated carbocycles. The molecule has 16 heteroatoms. The number of carbonyl (C=O) groups excluding carboxylic acids is 6. The Labute approximate surface area is 437 Å². The lowest BCUT2D eigenvalue weighted by Crippen LogP contribution is -2.28. The number of rotatable bonds is 30. The summed E-state index contributed by atoms with van der Waals surface area (Å²) in [5.41, 5.74) is -0.119. The number of esters is 6. The van der Waals surface area contributed by atoms with Crippen LogP contribution in [0.25, 0.3) is 11.0 Å². The number of fused-ring (bicyclic) bond motifs is 1. The Balaban J connectivity index is 0.000000532. The molecule has 4 aromatic carbocycles. The van der Waals surface area contributed by atoms with E-state index in [-0.39, 0.29) is 40.8 Å². The van der Waals surface area contributed by atoms with Crippen molar-refractivity contribution in [2.24, 2.45) is 5.41 Å². The van der Waals surface area contributed by atoms with Crippen molar-refractivity contribution in [1.29, 1.82) is 0 Å². The van der Waals surface area contributed by atoms with E-state index in [0.29, 0.717) is 62.1 Å². The molecule has 0 amide bonds. The molecule has 0 N–H and O–H groups in total. The predicted molar refractivity (Wildman–Crippen MR) is 281 cm³/mol. The summed E-state index contributed by atoms with van der Waals surface area (Å²) in [4.78, 5) is 84.5. The van der Waals surface area contributed by atoms with Crippen LogP contribution in [0.5, 0.6) is 28.7 Å². The molecule has 1 aromatic heterocycles. The summed E-state index contributed by atoms with van der Waals surface area (Å²) >= 11 is 0. The van der Waals surface area contributed by atoms with Crippen LogP contribution in [-0.4, -0.2) is 68.9 Å². The fraction of sp³-hybridized carbons (Fsp3) is 0.373. The summed E-state index contributed by atoms with van der Waals surface area (Å²) in [6, 6.07) is 25.1. The molecule has 0 bridgehead atoms. The summed E-state index contributed by atoms with van der Waals surface area (Å²) in [6.45, 7) is 16.2. The van der Waals surface area contributed by atoms with Crippen LogP contribution in [0.1, 0.15) is 136 Å². The van der Waals surface area contributed by atoms with Crippen LogP contribution in [0.15, 0.2) is 132 Å². The van der Waals surface area contributed by atoms with E-state index in [4.69, 9.17) is 42.3 Å². The van der Waals surface area contributed by atoms with Crippen LogP contribution in [0.2, 0.25) is 0 Å². The molecule has 0 fully saturated rings. The predicted octanol–water partition coefficient (Wildman–Crippen LogP) is 11.9. The highest BCUT2D eigenvalue weighted by molar-refractivity contribution is 5.97. The van der Waals surface area contributed by atoms with Crippen LogP contribution in [0, 0.1) is 5.41 Å². The lowest BCUT2D eigenvalue weighted by atomic mass is 9.91. The molecule has 0 aliphatic heterocycles. The Morgan fingerprint density at radius 1 is 0.507 bits per heavy atom. The van der Waals surface area contributed by atoms with Gasteiger partial charge in [0.05, 0.1) is 49.6 Å². The zero-order valence-electron chi connectivity index (χ0n) is 43.4. The molecule has 5 rings (SSSR count). The quantitative estimate of drug-likeness (QED) is 0.0105. The third-order valence-electron chi connectivity index (χ3n) is 11.4. The molecule has 16 nitrogen and oxygen atoms in total. The first-order valence-corrected chi connectivity index (χ1v) is 25.2. The largest absolute Gasteiger partial charge is 0.494 e. The van der Waals surface area contributed by atoms with E-state index in [9.17, 15) is 33.6 Å². The molecule has 5 aromatic rings. The van der Waals surface area contributed by atoms with Gasteiger partial charge < -0.3 is 42.3 Å². The molecule has 0 aliphatic carbocycles. The highest BCUT2D eigenvalue weighted by atomic mass is 16.6. The van der Waals surface area contributed by atoms with E-state index < -0.39 is 40.9 Å². The third-order valence-corrected chi connectivity index (χ3v) is 11.4. The minimum atomic E-state index is -0.721. The lowest BCUT2D eigenvalue weighted by Gasteiger charge is -2.20. The Morgan fingerprint density at radius 2 is 0.973 bits per heavy atom. The first-order valence-electron chi connectivity index (χ1n) is 25.2. The van der Waals surface area contributed by atoms with Crippen LogP contribution < -0.4 is 29.3 Å². The van der Waals surface area contributed by atoms with E-state index in [2.05, 4.69) is 13.2 Å². The van der Waals surface area contributed by atoms with E-state index >= 15 is 0 Å². The molecule has 0 spiro atoms. The van der Waals surface area contributed by atoms with Gasteiger partial charge in [-0.3, -0.25) is 4.79 Å². The van der Waals surface area contributed by atoms with Crippen molar-refractivity contribution in [3.63, 3.8) is 0 Å². The van der Waals surface area contributed by atoms with E-state index in [1.807, 2.05) is 27.7 Å². The molecular formula is C59H68O16. The number of hydrogen-bond acceptors (Lipinski definition) is 16. The fourth-order valence-corrected chi connectivity index (χ4v) is 6.57. The summed E-state index contributed by atoms with van der Waals surface area (Å²) in [6.07, 6.45) is 12.2. The molecule has 0 aliphatic rings. The zero-order valence-corrected chi connectivity index (χ0v) is 43.4. The fourth-order valence-electron chi connectivity index (χ4n) is 6.57. The highest BCUT2D eigenvalue weighted by Crippen LogP contribution is 2.29. The number of benzene rings is 4. The molecule has 0 saturated heterocycles. The number of carbonyl (C=O) groups is 6. The summed E-state index contributed by atoms with van der Waals surface area (Å²) in [7, 11) is 0. The SMILES string of the molecule is C=CC(=O)OCCCCCCOc1ccc(C(=O)Oc2ccc(OC(=O)c3ccc(OCCCCCCOC(=O)C=C)cc3)c(C(=O)OCCCCC)c2)cc1.CCC(C)(C)C(=O)Oc1ccc2ccc(=O)oc2c1. The van der Waals surface area contributed by atoms with Crippen molar-refractivity contribution in [2.45, 2.75) is 105 Å². The third kappa shape index (κ3) is 21.5. The Hall–Kier alpha value is -8.01. The van der Waals surface area contributed by atoms with Gasteiger partial charge in [-0.1, -0.05) is 39.8 Å². The maximum absolute atomic E-state index is 13.2. The average Bonchev–Trinajstić information content (AvgIpc) is 3.41. The second-order valence-corrected chi connectivity index (χ2v) is 17.7. The molecule has 0 radical (unpaired) electrons. The number of hydrogen-bond donors (Lipinski definition) is 0. The first-order chi connectivity index (χ1) is 36.2. The van der Waals surface area contributed by atoms with Gasteiger partial charge in [-0.2, -0.15) is 0 Å². The van der Waals surface area contributed by atoms with Crippen molar-refractivity contribution in [3.8, 4) is 28.7 Å². The summed E-state index contributed by atoms with van der Waals surface area (Å²) < 4.78 is 48.5. The number of ether oxygens (including phenoxy) is 8. The van der Waals surface area contributed by atoms with E-state index in [1.165, 1.54) is 24.3 Å². The van der Waals surface area contributed by atoms with Crippen molar-refractivity contribution < 1.29 is 71.1 Å². The van der Waals surface area contributed by atoms with Crippen LogP contribution >= 0.6 is 0 Å². The maximum Gasteiger partial charge on any atom is 0.343 e. The minimum Gasteiger partial charge on any atom is -0.494 e. The van der Waals surface area contributed by atoms with Crippen LogP contribution in [-0.2, 0) is 28.6 Å².